The van der Waals surface area contributed by atoms with Crippen LogP contribution in [0.2, 0.25) is 5.02 Å². The van der Waals surface area contributed by atoms with Crippen LogP contribution in [0.5, 0.6) is 0 Å². The monoisotopic (exact) mass is 295 g/mol. The molecular formula is C11H13ClF3N3O. The zero-order valence-corrected chi connectivity index (χ0v) is 10.6. The number of alkyl halides is 3. The summed E-state index contributed by atoms with van der Waals surface area (Å²) >= 11 is 5.72. The molecule has 19 heavy (non-hydrogen) atoms. The molecule has 1 aromatic rings. The SMILES string of the molecule is NCCCNC(=O)Nc1cc(C(F)(F)F)ccc1Cl. The van der Waals surface area contributed by atoms with E-state index in [0.29, 0.717) is 19.5 Å². The zero-order chi connectivity index (χ0) is 14.5. The first-order valence-corrected chi connectivity index (χ1v) is 5.84. The van der Waals surface area contributed by atoms with Crippen molar-refractivity contribution in [2.75, 3.05) is 18.4 Å². The fourth-order valence-corrected chi connectivity index (χ4v) is 1.43. The molecule has 0 aliphatic heterocycles. The zero-order valence-electron chi connectivity index (χ0n) is 9.85. The number of hydrogen-bond donors (Lipinski definition) is 3. The average molecular weight is 296 g/mol. The van der Waals surface area contributed by atoms with E-state index in [0.717, 1.165) is 18.2 Å². The minimum Gasteiger partial charge on any atom is -0.338 e. The van der Waals surface area contributed by atoms with E-state index in [1.165, 1.54) is 0 Å². The second-order valence-electron chi connectivity index (χ2n) is 3.72. The lowest BCUT2D eigenvalue weighted by Gasteiger charge is -2.12. The molecule has 0 saturated heterocycles. The van der Waals surface area contributed by atoms with Crippen molar-refractivity contribution in [1.29, 1.82) is 0 Å². The molecule has 0 heterocycles. The quantitative estimate of drug-likeness (QED) is 0.748. The lowest BCUT2D eigenvalue weighted by Crippen LogP contribution is -2.30. The lowest BCUT2D eigenvalue weighted by molar-refractivity contribution is -0.137. The van der Waals surface area contributed by atoms with Gasteiger partial charge < -0.3 is 16.4 Å². The van der Waals surface area contributed by atoms with Crippen LogP contribution in [-0.4, -0.2) is 19.1 Å². The number of nitrogens with one attached hydrogen (secondary N) is 2. The summed E-state index contributed by atoms with van der Waals surface area (Å²) in [5.41, 5.74) is 4.27. The Kier molecular flexibility index (Phi) is 5.44. The number of carbonyl (C=O) groups is 1. The molecule has 2 amide bonds. The summed E-state index contributed by atoms with van der Waals surface area (Å²) in [6, 6.07) is 2.08. The van der Waals surface area contributed by atoms with Gasteiger partial charge in [0.25, 0.3) is 0 Å². The van der Waals surface area contributed by atoms with Crippen LogP contribution < -0.4 is 16.4 Å². The Hall–Kier alpha value is -1.47. The van der Waals surface area contributed by atoms with Crippen molar-refractivity contribution < 1.29 is 18.0 Å². The third kappa shape index (κ3) is 4.96. The maximum Gasteiger partial charge on any atom is 0.416 e. The molecule has 1 aromatic carbocycles. The van der Waals surface area contributed by atoms with Gasteiger partial charge in [-0.1, -0.05) is 11.6 Å². The number of hydrogen-bond acceptors (Lipinski definition) is 2. The summed E-state index contributed by atoms with van der Waals surface area (Å²) in [4.78, 5) is 11.4. The van der Waals surface area contributed by atoms with Crippen LogP contribution in [0.15, 0.2) is 18.2 Å². The van der Waals surface area contributed by atoms with Gasteiger partial charge in [-0.2, -0.15) is 13.2 Å². The number of rotatable bonds is 4. The van der Waals surface area contributed by atoms with Gasteiger partial charge >= 0.3 is 12.2 Å². The van der Waals surface area contributed by atoms with Crippen LogP contribution in [0.3, 0.4) is 0 Å². The molecule has 0 radical (unpaired) electrons. The highest BCUT2D eigenvalue weighted by atomic mass is 35.5. The molecule has 0 fully saturated rings. The van der Waals surface area contributed by atoms with Crippen molar-refractivity contribution in [1.82, 2.24) is 5.32 Å². The molecule has 8 heteroatoms. The van der Waals surface area contributed by atoms with Gasteiger partial charge in [-0.25, -0.2) is 4.79 Å². The van der Waals surface area contributed by atoms with Crippen molar-refractivity contribution in [3.63, 3.8) is 0 Å². The number of benzene rings is 1. The van der Waals surface area contributed by atoms with E-state index in [4.69, 9.17) is 17.3 Å². The van der Waals surface area contributed by atoms with Crippen molar-refractivity contribution >= 4 is 23.3 Å². The van der Waals surface area contributed by atoms with Gasteiger partial charge in [0.1, 0.15) is 0 Å². The number of amides is 2. The van der Waals surface area contributed by atoms with Gasteiger partial charge in [0, 0.05) is 6.54 Å². The van der Waals surface area contributed by atoms with Crippen molar-refractivity contribution in [3.8, 4) is 0 Å². The Morgan fingerprint density at radius 3 is 2.63 bits per heavy atom. The first-order valence-electron chi connectivity index (χ1n) is 5.46. The largest absolute Gasteiger partial charge is 0.416 e. The van der Waals surface area contributed by atoms with Crippen LogP contribution >= 0.6 is 11.6 Å². The summed E-state index contributed by atoms with van der Waals surface area (Å²) in [5.74, 6) is 0. The number of urea groups is 1. The number of anilines is 1. The van der Waals surface area contributed by atoms with Gasteiger partial charge in [0.05, 0.1) is 16.3 Å². The molecule has 0 saturated carbocycles. The molecule has 0 atom stereocenters. The standard InChI is InChI=1S/C11H13ClF3N3O/c12-8-3-2-7(11(13,14)15)6-9(8)18-10(19)17-5-1-4-16/h2-3,6H,1,4-5,16H2,(H2,17,18,19). The third-order valence-electron chi connectivity index (χ3n) is 2.21. The molecule has 1 rings (SSSR count). The van der Waals surface area contributed by atoms with Crippen molar-refractivity contribution in [2.45, 2.75) is 12.6 Å². The second kappa shape index (κ2) is 6.63. The molecule has 0 spiro atoms. The van der Waals surface area contributed by atoms with Crippen molar-refractivity contribution in [2.24, 2.45) is 5.73 Å². The normalized spacial score (nSPS) is 11.2. The van der Waals surface area contributed by atoms with Gasteiger partial charge in [-0.05, 0) is 31.2 Å². The minimum atomic E-state index is -4.49. The van der Waals surface area contributed by atoms with Gasteiger partial charge in [0.15, 0.2) is 0 Å². The Bertz CT molecular complexity index is 451. The van der Waals surface area contributed by atoms with E-state index in [1.807, 2.05) is 0 Å². The summed E-state index contributed by atoms with van der Waals surface area (Å²) < 4.78 is 37.5. The summed E-state index contributed by atoms with van der Waals surface area (Å²) in [6.45, 7) is 0.740. The fourth-order valence-electron chi connectivity index (χ4n) is 1.27. The first-order chi connectivity index (χ1) is 8.84. The Balaban J connectivity index is 2.74. The van der Waals surface area contributed by atoms with E-state index in [1.54, 1.807) is 0 Å². The summed E-state index contributed by atoms with van der Waals surface area (Å²) in [7, 11) is 0. The number of carbonyl (C=O) groups excluding carboxylic acids is 1. The second-order valence-corrected chi connectivity index (χ2v) is 4.12. The van der Waals surface area contributed by atoms with Crippen LogP contribution in [0.25, 0.3) is 0 Å². The van der Waals surface area contributed by atoms with Crippen LogP contribution in [-0.2, 0) is 6.18 Å². The van der Waals surface area contributed by atoms with Crippen LogP contribution in [0.1, 0.15) is 12.0 Å². The molecule has 0 aliphatic carbocycles. The van der Waals surface area contributed by atoms with E-state index in [2.05, 4.69) is 10.6 Å². The predicted octanol–water partition coefficient (Wildman–Crippen LogP) is 2.83. The molecule has 4 nitrogen and oxygen atoms in total. The number of halogens is 4. The minimum absolute atomic E-state index is 0.0296. The maximum absolute atomic E-state index is 12.5. The van der Waals surface area contributed by atoms with Crippen LogP contribution in [0, 0.1) is 0 Å². The molecule has 0 aliphatic rings. The maximum atomic E-state index is 12.5. The summed E-state index contributed by atoms with van der Waals surface area (Å²) in [6.07, 6.45) is -3.92. The van der Waals surface area contributed by atoms with E-state index >= 15 is 0 Å². The molecule has 4 N–H and O–H groups in total. The van der Waals surface area contributed by atoms with Crippen LogP contribution in [0.4, 0.5) is 23.7 Å². The fraction of sp³-hybridized carbons (Fsp3) is 0.364. The van der Waals surface area contributed by atoms with Gasteiger partial charge in [-0.3, -0.25) is 0 Å². The predicted molar refractivity (Wildman–Crippen MR) is 67.1 cm³/mol. The van der Waals surface area contributed by atoms with E-state index < -0.39 is 17.8 Å². The highest BCUT2D eigenvalue weighted by Gasteiger charge is 2.31. The molecular weight excluding hydrogens is 283 g/mol. The Morgan fingerprint density at radius 1 is 1.37 bits per heavy atom. The van der Waals surface area contributed by atoms with E-state index in [9.17, 15) is 18.0 Å². The van der Waals surface area contributed by atoms with Crippen molar-refractivity contribution in [3.05, 3.63) is 28.8 Å². The molecule has 0 aromatic heterocycles. The lowest BCUT2D eigenvalue weighted by atomic mass is 10.2. The molecule has 0 bridgehead atoms. The number of nitrogens with two attached hydrogens (primary N) is 1. The Morgan fingerprint density at radius 2 is 2.05 bits per heavy atom. The molecule has 106 valence electrons. The smallest absolute Gasteiger partial charge is 0.338 e. The Labute approximate surface area is 113 Å². The first kappa shape index (κ1) is 15.6. The third-order valence-corrected chi connectivity index (χ3v) is 2.54. The van der Waals surface area contributed by atoms with Gasteiger partial charge in [-0.15, -0.1) is 0 Å². The highest BCUT2D eigenvalue weighted by Crippen LogP contribution is 2.33. The van der Waals surface area contributed by atoms with Gasteiger partial charge in [0.2, 0.25) is 0 Å². The highest BCUT2D eigenvalue weighted by molar-refractivity contribution is 6.33. The topological polar surface area (TPSA) is 67.1 Å². The van der Waals surface area contributed by atoms with E-state index in [-0.39, 0.29) is 10.7 Å². The molecule has 0 unspecified atom stereocenters. The average Bonchev–Trinajstić information content (AvgIpc) is 2.31. The summed E-state index contributed by atoms with van der Waals surface area (Å²) in [5, 5.41) is 4.74.